The number of hydrogen-bond donors (Lipinski definition) is 0. The molecule has 1 saturated carbocycles. The zero-order valence-electron chi connectivity index (χ0n) is 23.0. The van der Waals surface area contributed by atoms with E-state index in [1.165, 1.54) is 32.1 Å². The molecule has 1 heterocycles. The van der Waals surface area contributed by atoms with Crippen molar-refractivity contribution in [3.63, 3.8) is 0 Å². The zero-order chi connectivity index (χ0) is 27.6. The van der Waals surface area contributed by atoms with Gasteiger partial charge >= 0.3 is 0 Å². The van der Waals surface area contributed by atoms with Crippen molar-refractivity contribution in [2.24, 2.45) is 17.8 Å². The quantitative estimate of drug-likeness (QED) is 0.204. The maximum Gasteiger partial charge on any atom is 0.167 e. The lowest BCUT2D eigenvalue weighted by Crippen LogP contribution is -2.23. The second-order valence-corrected chi connectivity index (χ2v) is 11.8. The molecule has 3 aliphatic rings. The Bertz CT molecular complexity index is 1390. The van der Waals surface area contributed by atoms with Crippen LogP contribution in [0.5, 0.6) is 0 Å². The summed E-state index contributed by atoms with van der Waals surface area (Å²) in [6.45, 7) is 4.29. The van der Waals surface area contributed by atoms with Crippen LogP contribution in [0, 0.1) is 35.2 Å². The maximum atomic E-state index is 15.3. The van der Waals surface area contributed by atoms with Crippen molar-refractivity contribution in [1.82, 2.24) is 0 Å². The summed E-state index contributed by atoms with van der Waals surface area (Å²) in [6.07, 6.45) is 14.9. The molecule has 2 unspecified atom stereocenters. The molecule has 2 fully saturated rings. The van der Waals surface area contributed by atoms with Gasteiger partial charge in [-0.2, -0.15) is 0 Å². The van der Waals surface area contributed by atoms with E-state index in [1.807, 2.05) is 30.3 Å². The van der Waals surface area contributed by atoms with Crippen LogP contribution in [-0.2, 0) is 4.74 Å². The van der Waals surface area contributed by atoms with Gasteiger partial charge in [0.15, 0.2) is 11.6 Å². The van der Waals surface area contributed by atoms with Crippen LogP contribution >= 0.6 is 0 Å². The molecule has 2 atom stereocenters. The first-order chi connectivity index (χ1) is 19.5. The SMILES string of the molecule is C=CCCC1CCC(C2CC=C(c3ccc(-c4ccc(-c5ccc(C6CO6)c(F)c5F)cc4)cc3F)CC2)CC1. The standard InChI is InChI=1S/C36H37F3O/c1-2-3-4-23-5-7-24(8-6-23)25-9-13-27(14-10-25)30-18-17-29(21-33(30)37)26-11-15-28(16-12-26)31-19-20-32(34-22-40-34)36(39)35(31)38/h2,11-13,15-21,23-25,34H,1,3-10,14,22H2. The van der Waals surface area contributed by atoms with E-state index in [1.54, 1.807) is 30.3 Å². The number of halogens is 3. The van der Waals surface area contributed by atoms with E-state index >= 15 is 4.39 Å². The number of epoxide rings is 1. The van der Waals surface area contributed by atoms with E-state index in [4.69, 9.17) is 4.74 Å². The van der Waals surface area contributed by atoms with E-state index in [2.05, 4.69) is 12.7 Å². The summed E-state index contributed by atoms with van der Waals surface area (Å²) >= 11 is 0. The van der Waals surface area contributed by atoms with Crippen LogP contribution in [0.1, 0.15) is 75.0 Å². The van der Waals surface area contributed by atoms with Gasteiger partial charge in [0.2, 0.25) is 0 Å². The molecule has 2 aliphatic carbocycles. The molecule has 6 rings (SSSR count). The summed E-state index contributed by atoms with van der Waals surface area (Å²) in [5.74, 6) is 0.475. The topological polar surface area (TPSA) is 12.5 Å². The van der Waals surface area contributed by atoms with E-state index < -0.39 is 11.6 Å². The Kier molecular flexibility index (Phi) is 7.98. The van der Waals surface area contributed by atoms with Crippen LogP contribution in [-0.4, -0.2) is 6.61 Å². The third-order valence-electron chi connectivity index (χ3n) is 9.43. The summed E-state index contributed by atoms with van der Waals surface area (Å²) in [5, 5.41) is 0. The average Bonchev–Trinajstić information content (AvgIpc) is 3.84. The van der Waals surface area contributed by atoms with E-state index in [-0.39, 0.29) is 23.0 Å². The Labute approximate surface area is 235 Å². The van der Waals surface area contributed by atoms with Gasteiger partial charge in [-0.05, 0) is 91.0 Å². The molecule has 1 nitrogen and oxygen atoms in total. The van der Waals surface area contributed by atoms with Crippen LogP contribution < -0.4 is 0 Å². The maximum absolute atomic E-state index is 15.3. The largest absolute Gasteiger partial charge is 0.368 e. The lowest BCUT2D eigenvalue weighted by atomic mass is 9.70. The average molecular weight is 543 g/mol. The van der Waals surface area contributed by atoms with Gasteiger partial charge in [-0.25, -0.2) is 13.2 Å². The highest BCUT2D eigenvalue weighted by atomic mass is 19.2. The van der Waals surface area contributed by atoms with Gasteiger partial charge in [0.25, 0.3) is 0 Å². The molecule has 208 valence electrons. The third kappa shape index (κ3) is 5.69. The van der Waals surface area contributed by atoms with E-state index in [0.29, 0.717) is 17.7 Å². The molecule has 4 heteroatoms. The van der Waals surface area contributed by atoms with Crippen molar-refractivity contribution in [3.8, 4) is 22.3 Å². The normalized spacial score (nSPS) is 24.4. The van der Waals surface area contributed by atoms with Crippen molar-refractivity contribution in [2.45, 2.75) is 63.9 Å². The van der Waals surface area contributed by atoms with Crippen molar-refractivity contribution in [3.05, 3.63) is 102 Å². The van der Waals surface area contributed by atoms with Gasteiger partial charge in [-0.3, -0.25) is 0 Å². The Morgan fingerprint density at radius 1 is 0.775 bits per heavy atom. The Hall–Kier alpha value is -3.11. The molecule has 0 aromatic heterocycles. The molecule has 0 N–H and O–H groups in total. The van der Waals surface area contributed by atoms with Crippen LogP contribution in [0.2, 0.25) is 0 Å². The van der Waals surface area contributed by atoms with Gasteiger partial charge < -0.3 is 4.74 Å². The lowest BCUT2D eigenvalue weighted by molar-refractivity contribution is 0.190. The smallest absolute Gasteiger partial charge is 0.167 e. The molecule has 0 bridgehead atoms. The van der Waals surface area contributed by atoms with Gasteiger partial charge in [-0.1, -0.05) is 73.5 Å². The summed E-state index contributed by atoms with van der Waals surface area (Å²) < 4.78 is 49.6. The minimum absolute atomic E-state index is 0.207. The lowest BCUT2D eigenvalue weighted by Gasteiger charge is -2.35. The highest BCUT2D eigenvalue weighted by molar-refractivity contribution is 5.74. The first-order valence-corrected chi connectivity index (χ1v) is 14.8. The fraction of sp³-hybridized carbons (Fsp3) is 0.389. The van der Waals surface area contributed by atoms with Crippen LogP contribution in [0.15, 0.2) is 73.3 Å². The summed E-state index contributed by atoms with van der Waals surface area (Å²) in [4.78, 5) is 0. The Morgan fingerprint density at radius 2 is 1.48 bits per heavy atom. The van der Waals surface area contributed by atoms with Gasteiger partial charge in [0, 0.05) is 16.7 Å². The molecule has 1 saturated heterocycles. The van der Waals surface area contributed by atoms with Crippen molar-refractivity contribution >= 4 is 5.57 Å². The molecular weight excluding hydrogens is 505 g/mol. The predicted octanol–water partition coefficient (Wildman–Crippen LogP) is 10.5. The number of rotatable bonds is 8. The van der Waals surface area contributed by atoms with Crippen LogP contribution in [0.25, 0.3) is 27.8 Å². The molecule has 3 aromatic carbocycles. The minimum Gasteiger partial charge on any atom is -0.368 e. The monoisotopic (exact) mass is 542 g/mol. The highest BCUT2D eigenvalue weighted by Crippen LogP contribution is 2.43. The molecule has 0 amide bonds. The summed E-state index contributed by atoms with van der Waals surface area (Å²) in [6, 6.07) is 15.8. The fourth-order valence-corrected chi connectivity index (χ4v) is 6.89. The number of hydrogen-bond acceptors (Lipinski definition) is 1. The van der Waals surface area contributed by atoms with Crippen molar-refractivity contribution in [2.75, 3.05) is 6.61 Å². The second-order valence-electron chi connectivity index (χ2n) is 11.8. The Balaban J connectivity index is 1.10. The number of benzene rings is 3. The predicted molar refractivity (Wildman–Crippen MR) is 156 cm³/mol. The number of allylic oxidation sites excluding steroid dienone is 3. The van der Waals surface area contributed by atoms with Gasteiger partial charge in [-0.15, -0.1) is 6.58 Å². The minimum atomic E-state index is -0.865. The van der Waals surface area contributed by atoms with Gasteiger partial charge in [0.05, 0.1) is 6.61 Å². The molecule has 3 aromatic rings. The summed E-state index contributed by atoms with van der Waals surface area (Å²) in [5.41, 5.74) is 4.46. The van der Waals surface area contributed by atoms with Crippen molar-refractivity contribution < 1.29 is 17.9 Å². The van der Waals surface area contributed by atoms with Crippen LogP contribution in [0.4, 0.5) is 13.2 Å². The van der Waals surface area contributed by atoms with E-state index in [9.17, 15) is 8.78 Å². The van der Waals surface area contributed by atoms with Crippen molar-refractivity contribution in [1.29, 1.82) is 0 Å². The van der Waals surface area contributed by atoms with Crippen LogP contribution in [0.3, 0.4) is 0 Å². The number of ether oxygens (including phenoxy) is 1. The van der Waals surface area contributed by atoms with E-state index in [0.717, 1.165) is 60.1 Å². The first-order valence-electron chi connectivity index (χ1n) is 14.8. The third-order valence-corrected chi connectivity index (χ3v) is 9.43. The first kappa shape index (κ1) is 27.1. The summed E-state index contributed by atoms with van der Waals surface area (Å²) in [7, 11) is 0. The molecule has 40 heavy (non-hydrogen) atoms. The Morgan fingerprint density at radius 3 is 2.12 bits per heavy atom. The molecule has 0 radical (unpaired) electrons. The molecule has 0 spiro atoms. The zero-order valence-corrected chi connectivity index (χ0v) is 23.0. The fourth-order valence-electron chi connectivity index (χ4n) is 6.89. The highest BCUT2D eigenvalue weighted by Gasteiger charge is 2.31. The molecular formula is C36H37F3O. The molecule has 1 aliphatic heterocycles. The second kappa shape index (κ2) is 11.8. The van der Waals surface area contributed by atoms with Gasteiger partial charge in [0.1, 0.15) is 11.9 Å².